The van der Waals surface area contributed by atoms with Gasteiger partial charge in [-0.25, -0.2) is 17.7 Å². The largest absolute Gasteiger partial charge is 0.495 e. The maximum absolute atomic E-state index is 14.0. The summed E-state index contributed by atoms with van der Waals surface area (Å²) in [5, 5.41) is 9.01. The number of benzene rings is 1. The van der Waals surface area contributed by atoms with Crippen LogP contribution in [0.15, 0.2) is 36.7 Å². The molecule has 0 N–H and O–H groups in total. The van der Waals surface area contributed by atoms with E-state index in [0.717, 1.165) is 42.7 Å². The summed E-state index contributed by atoms with van der Waals surface area (Å²) in [4.78, 5) is 15.7. The van der Waals surface area contributed by atoms with E-state index in [9.17, 15) is 18.0 Å². The molecule has 1 fully saturated rings. The number of carbonyl (C=O) groups is 1. The van der Waals surface area contributed by atoms with Crippen molar-refractivity contribution in [3.05, 3.63) is 70.9 Å². The van der Waals surface area contributed by atoms with Gasteiger partial charge in [0, 0.05) is 24.2 Å². The summed E-state index contributed by atoms with van der Waals surface area (Å²) in [5.74, 6) is -3.48. The predicted octanol–water partition coefficient (Wildman–Crippen LogP) is 4.45. The van der Waals surface area contributed by atoms with Gasteiger partial charge >= 0.3 is 0 Å². The van der Waals surface area contributed by atoms with E-state index < -0.39 is 17.5 Å². The molecule has 7 nitrogen and oxygen atoms in total. The lowest BCUT2D eigenvalue weighted by Gasteiger charge is -2.45. The molecule has 2 bridgehead atoms. The maximum Gasteiger partial charge on any atom is 0.258 e. The highest BCUT2D eigenvalue weighted by molar-refractivity contribution is 6.01. The Kier molecular flexibility index (Phi) is 4.87. The lowest BCUT2D eigenvalue weighted by Crippen LogP contribution is -2.49. The van der Waals surface area contributed by atoms with Crippen LogP contribution < -0.4 is 4.74 Å². The number of hydrogen-bond donors (Lipinski definition) is 0. The number of amides is 1. The number of carbonyl (C=O) groups excluding carboxylic acids is 1. The van der Waals surface area contributed by atoms with Crippen molar-refractivity contribution in [2.24, 2.45) is 7.05 Å². The number of aromatic nitrogens is 4. The van der Waals surface area contributed by atoms with E-state index in [1.165, 1.54) is 0 Å². The number of methoxy groups -OCH3 is 1. The molecule has 0 spiro atoms. The minimum Gasteiger partial charge on any atom is -0.495 e. The van der Waals surface area contributed by atoms with Crippen LogP contribution in [0.25, 0.3) is 16.8 Å². The van der Waals surface area contributed by atoms with Crippen LogP contribution in [0.2, 0.25) is 0 Å². The number of halogens is 3. The first kappa shape index (κ1) is 21.7. The summed E-state index contributed by atoms with van der Waals surface area (Å²) in [6.07, 6.45) is 6.24. The van der Waals surface area contributed by atoms with Gasteiger partial charge in [-0.3, -0.25) is 9.48 Å². The summed E-state index contributed by atoms with van der Waals surface area (Å²) in [6, 6.07) is 5.22. The van der Waals surface area contributed by atoms with E-state index in [0.29, 0.717) is 28.9 Å². The highest BCUT2D eigenvalue weighted by Gasteiger charge is 2.44. The molecule has 1 saturated heterocycles. The molecule has 2 aliphatic heterocycles. The predicted molar refractivity (Wildman–Crippen MR) is 121 cm³/mol. The molecular weight excluding hydrogens is 459 g/mol. The van der Waals surface area contributed by atoms with Crippen molar-refractivity contribution < 1.29 is 22.7 Å². The lowest BCUT2D eigenvalue weighted by atomic mass is 9.81. The number of fused-ring (bicyclic) bond motifs is 5. The van der Waals surface area contributed by atoms with Crippen molar-refractivity contribution in [3.63, 3.8) is 0 Å². The Labute approximate surface area is 198 Å². The topological polar surface area (TPSA) is 64.7 Å². The van der Waals surface area contributed by atoms with Gasteiger partial charge in [-0.05, 0) is 49.9 Å². The first-order chi connectivity index (χ1) is 16.9. The number of rotatable bonds is 3. The Hall–Kier alpha value is -3.82. The van der Waals surface area contributed by atoms with E-state index in [1.807, 2.05) is 4.90 Å². The molecule has 5 heterocycles. The van der Waals surface area contributed by atoms with Crippen molar-refractivity contribution in [1.82, 2.24) is 24.3 Å². The molecular formula is C25H22F3N5O2. The summed E-state index contributed by atoms with van der Waals surface area (Å²) in [6.45, 7) is 0. The van der Waals surface area contributed by atoms with E-state index in [1.54, 1.807) is 47.9 Å². The molecule has 4 aromatic rings. The van der Waals surface area contributed by atoms with E-state index >= 15 is 0 Å². The van der Waals surface area contributed by atoms with Crippen LogP contribution in [-0.2, 0) is 13.5 Å². The van der Waals surface area contributed by atoms with Crippen LogP contribution in [0.5, 0.6) is 5.75 Å². The van der Waals surface area contributed by atoms with E-state index in [-0.39, 0.29) is 23.6 Å². The molecule has 10 heteroatoms. The third-order valence-electron chi connectivity index (χ3n) is 7.12. The molecule has 1 aromatic carbocycles. The second-order valence-corrected chi connectivity index (χ2v) is 9.06. The zero-order valence-electron chi connectivity index (χ0n) is 19.1. The Morgan fingerprint density at radius 3 is 2.66 bits per heavy atom. The van der Waals surface area contributed by atoms with Crippen LogP contribution in [0.4, 0.5) is 13.2 Å². The third-order valence-corrected chi connectivity index (χ3v) is 7.12. The fourth-order valence-electron chi connectivity index (χ4n) is 5.59. The third kappa shape index (κ3) is 3.23. The molecule has 0 aliphatic carbocycles. The molecule has 2 atom stereocenters. The number of ether oxygens (including phenoxy) is 1. The number of piperidine rings is 1. The Morgan fingerprint density at radius 1 is 1.14 bits per heavy atom. The van der Waals surface area contributed by atoms with Crippen molar-refractivity contribution in [3.8, 4) is 17.0 Å². The van der Waals surface area contributed by atoms with Crippen molar-refractivity contribution >= 4 is 11.4 Å². The van der Waals surface area contributed by atoms with Gasteiger partial charge in [0.05, 0.1) is 48.0 Å². The van der Waals surface area contributed by atoms with Crippen molar-refractivity contribution in [2.75, 3.05) is 7.11 Å². The Bertz CT molecular complexity index is 1470. The average molecular weight is 481 g/mol. The normalized spacial score (nSPS) is 19.2. The van der Waals surface area contributed by atoms with Crippen LogP contribution >= 0.6 is 0 Å². The van der Waals surface area contributed by atoms with Crippen LogP contribution in [0.1, 0.15) is 46.9 Å². The second-order valence-electron chi connectivity index (χ2n) is 9.06. The molecule has 6 rings (SSSR count). The van der Waals surface area contributed by atoms with Gasteiger partial charge in [-0.15, -0.1) is 0 Å². The standard InChI is InChI=1S/C25H22F3N5O2/c1-31-24(13-8-18(26)22(28)19(27)9-13)16-10-14-4-3-5-21(23(16)30-31)33(14)25(34)17-11-29-32-12-15(35-2)6-7-20(17)32/h6-9,11-12,14,21H,3-5,10H2,1-2H3. The molecule has 180 valence electrons. The molecule has 0 saturated carbocycles. The molecule has 3 aromatic heterocycles. The number of hydrogen-bond acceptors (Lipinski definition) is 4. The van der Waals surface area contributed by atoms with Gasteiger partial charge in [-0.1, -0.05) is 0 Å². The Balaban J connectivity index is 1.42. The molecule has 1 amide bonds. The van der Waals surface area contributed by atoms with Gasteiger partial charge in [0.1, 0.15) is 5.75 Å². The van der Waals surface area contributed by atoms with Crippen molar-refractivity contribution in [1.29, 1.82) is 0 Å². The maximum atomic E-state index is 14.0. The van der Waals surface area contributed by atoms with Crippen LogP contribution in [0.3, 0.4) is 0 Å². The molecule has 2 unspecified atom stereocenters. The van der Waals surface area contributed by atoms with E-state index in [4.69, 9.17) is 4.74 Å². The van der Waals surface area contributed by atoms with Gasteiger partial charge in [0.25, 0.3) is 5.91 Å². The minimum atomic E-state index is -1.50. The summed E-state index contributed by atoms with van der Waals surface area (Å²) < 4.78 is 50.0. The fraction of sp³-hybridized carbons (Fsp3) is 0.320. The Morgan fingerprint density at radius 2 is 1.91 bits per heavy atom. The van der Waals surface area contributed by atoms with E-state index in [2.05, 4.69) is 10.2 Å². The smallest absolute Gasteiger partial charge is 0.258 e. The van der Waals surface area contributed by atoms with Gasteiger partial charge in [0.15, 0.2) is 17.5 Å². The first-order valence-electron chi connectivity index (χ1n) is 11.4. The lowest BCUT2D eigenvalue weighted by molar-refractivity contribution is 0.0394. The molecule has 2 aliphatic rings. The van der Waals surface area contributed by atoms with Crippen molar-refractivity contribution in [2.45, 2.75) is 37.8 Å². The molecule has 35 heavy (non-hydrogen) atoms. The summed E-state index contributed by atoms with van der Waals surface area (Å²) in [7, 11) is 3.26. The fourth-order valence-corrected chi connectivity index (χ4v) is 5.59. The SMILES string of the molecule is COc1ccc2c(C(=O)N3C4CCCC3c3nn(C)c(-c5cc(F)c(F)c(F)c5)c3C4)cnn2c1. The highest BCUT2D eigenvalue weighted by Crippen LogP contribution is 2.45. The van der Waals surface area contributed by atoms with Crippen LogP contribution in [0, 0.1) is 17.5 Å². The quantitative estimate of drug-likeness (QED) is 0.406. The van der Waals surface area contributed by atoms with Gasteiger partial charge in [-0.2, -0.15) is 10.2 Å². The summed E-state index contributed by atoms with van der Waals surface area (Å²) in [5.41, 5.74) is 3.51. The number of pyridine rings is 1. The average Bonchev–Trinajstić information content (AvgIpc) is 3.41. The van der Waals surface area contributed by atoms with Crippen LogP contribution in [-0.4, -0.2) is 43.4 Å². The molecule has 0 radical (unpaired) electrons. The zero-order chi connectivity index (χ0) is 24.4. The van der Waals surface area contributed by atoms with Gasteiger partial charge in [0.2, 0.25) is 0 Å². The van der Waals surface area contributed by atoms with Gasteiger partial charge < -0.3 is 9.64 Å². The zero-order valence-corrected chi connectivity index (χ0v) is 19.1. The second kappa shape index (κ2) is 7.86. The minimum absolute atomic E-state index is 0.0972. The highest BCUT2D eigenvalue weighted by atomic mass is 19.2. The first-order valence-corrected chi connectivity index (χ1v) is 11.4. The monoisotopic (exact) mass is 481 g/mol. The number of nitrogens with zero attached hydrogens (tertiary/aromatic N) is 5. The number of aryl methyl sites for hydroxylation is 1. The summed E-state index contributed by atoms with van der Waals surface area (Å²) >= 11 is 0.